The number of imidazole rings is 1. The van der Waals surface area contributed by atoms with Gasteiger partial charge in [-0.3, -0.25) is 0 Å². The van der Waals surface area contributed by atoms with E-state index in [0.717, 1.165) is 40.9 Å². The van der Waals surface area contributed by atoms with Crippen molar-refractivity contribution < 1.29 is 14.2 Å². The Labute approximate surface area is 211 Å². The van der Waals surface area contributed by atoms with Gasteiger partial charge in [0.05, 0.1) is 30.0 Å². The van der Waals surface area contributed by atoms with Crippen LogP contribution in [0.5, 0.6) is 11.8 Å². The zero-order valence-corrected chi connectivity index (χ0v) is 20.2. The van der Waals surface area contributed by atoms with Gasteiger partial charge in [0.1, 0.15) is 31.0 Å². The van der Waals surface area contributed by atoms with Crippen LogP contribution in [0, 0.1) is 0 Å². The Morgan fingerprint density at radius 3 is 2.68 bits per heavy atom. The van der Waals surface area contributed by atoms with Gasteiger partial charge < -0.3 is 14.4 Å². The van der Waals surface area contributed by atoms with E-state index in [1.165, 1.54) is 6.33 Å². The maximum atomic E-state index is 12.8. The third-order valence-corrected chi connectivity index (χ3v) is 6.37. The Hall–Kier alpha value is -4.41. The molecule has 0 spiro atoms. The third kappa shape index (κ3) is 4.48. The van der Waals surface area contributed by atoms with Crippen LogP contribution in [-0.2, 0) is 13.1 Å². The fourth-order valence-corrected chi connectivity index (χ4v) is 4.41. The summed E-state index contributed by atoms with van der Waals surface area (Å²) in [6.45, 7) is 2.50. The van der Waals surface area contributed by atoms with Gasteiger partial charge in [0, 0.05) is 24.2 Å². The molecule has 0 unspecified atom stereocenters. The molecule has 0 saturated heterocycles. The monoisotopic (exact) mass is 500 g/mol. The lowest BCUT2D eigenvalue weighted by atomic mass is 10.1. The minimum Gasteiger partial charge on any atom is -0.492 e. The quantitative estimate of drug-likeness (QED) is 0.321. The standard InChI is InChI=1S/C26H25FN8O2/c1-2-34-14-20(36)32-24(34)18-5-3-16(4-6-18)13-35-25-19(12-31-35)11-28-23(33-25)21-22(17-7-8-17)29-15-30-26(21)37-10-9-27/h3-6,11-12,14-15,17,36H,2,7-10,13H2,1H3. The van der Waals surface area contributed by atoms with Crippen molar-refractivity contribution in [2.75, 3.05) is 13.3 Å². The van der Waals surface area contributed by atoms with Gasteiger partial charge in [-0.25, -0.2) is 29.0 Å². The zero-order chi connectivity index (χ0) is 25.4. The van der Waals surface area contributed by atoms with Crippen molar-refractivity contribution >= 4 is 11.0 Å². The number of rotatable bonds is 9. The van der Waals surface area contributed by atoms with E-state index in [0.29, 0.717) is 41.9 Å². The molecule has 10 nitrogen and oxygen atoms in total. The Kier molecular flexibility index (Phi) is 5.95. The van der Waals surface area contributed by atoms with E-state index in [4.69, 9.17) is 9.72 Å². The van der Waals surface area contributed by atoms with Crippen LogP contribution < -0.4 is 4.74 Å². The summed E-state index contributed by atoms with van der Waals surface area (Å²) < 4.78 is 22.2. The van der Waals surface area contributed by atoms with Gasteiger partial charge in [0.2, 0.25) is 11.8 Å². The minimum atomic E-state index is -0.616. The fourth-order valence-electron chi connectivity index (χ4n) is 4.41. The topological polar surface area (TPSA) is 117 Å². The normalized spacial score (nSPS) is 13.4. The van der Waals surface area contributed by atoms with Crippen LogP contribution in [0.1, 0.15) is 36.9 Å². The second-order valence-corrected chi connectivity index (χ2v) is 8.93. The van der Waals surface area contributed by atoms with E-state index in [2.05, 4.69) is 25.0 Å². The van der Waals surface area contributed by atoms with Crippen LogP contribution in [0.2, 0.25) is 0 Å². The largest absolute Gasteiger partial charge is 0.492 e. The van der Waals surface area contributed by atoms with Crippen molar-refractivity contribution in [2.24, 2.45) is 0 Å². The summed E-state index contributed by atoms with van der Waals surface area (Å²) in [7, 11) is 0. The summed E-state index contributed by atoms with van der Waals surface area (Å²) in [5.41, 5.74) is 4.07. The Balaban J connectivity index is 1.33. The number of hydrogen-bond donors (Lipinski definition) is 1. The Bertz CT molecular complexity index is 1560. The lowest BCUT2D eigenvalue weighted by Gasteiger charge is -2.12. The van der Waals surface area contributed by atoms with Gasteiger partial charge in [0.25, 0.3) is 0 Å². The van der Waals surface area contributed by atoms with E-state index < -0.39 is 6.67 Å². The first-order valence-electron chi connectivity index (χ1n) is 12.2. The molecule has 11 heteroatoms. The highest BCUT2D eigenvalue weighted by Gasteiger charge is 2.31. The predicted octanol–water partition coefficient (Wildman–Crippen LogP) is 4.15. The van der Waals surface area contributed by atoms with E-state index in [1.807, 2.05) is 40.4 Å². The number of ether oxygens (including phenoxy) is 1. The number of benzene rings is 1. The first-order valence-corrected chi connectivity index (χ1v) is 12.2. The molecule has 1 N–H and O–H groups in total. The molecule has 37 heavy (non-hydrogen) atoms. The molecule has 0 aliphatic heterocycles. The van der Waals surface area contributed by atoms with E-state index in [9.17, 15) is 9.50 Å². The van der Waals surface area contributed by atoms with Gasteiger partial charge in [-0.15, -0.1) is 0 Å². The van der Waals surface area contributed by atoms with Gasteiger partial charge in [0.15, 0.2) is 11.5 Å². The number of aryl methyl sites for hydroxylation is 1. The Morgan fingerprint density at radius 1 is 1.08 bits per heavy atom. The number of hydrogen-bond acceptors (Lipinski definition) is 8. The van der Waals surface area contributed by atoms with Crippen LogP contribution in [0.15, 0.2) is 49.2 Å². The molecule has 4 heterocycles. The van der Waals surface area contributed by atoms with Crippen molar-refractivity contribution in [3.8, 4) is 34.5 Å². The molecule has 1 aromatic carbocycles. The van der Waals surface area contributed by atoms with Crippen molar-refractivity contribution in [3.63, 3.8) is 0 Å². The van der Waals surface area contributed by atoms with Crippen LogP contribution in [0.4, 0.5) is 4.39 Å². The number of fused-ring (bicyclic) bond motifs is 1. The highest BCUT2D eigenvalue weighted by atomic mass is 19.1. The summed E-state index contributed by atoms with van der Waals surface area (Å²) in [5, 5.41) is 15.1. The minimum absolute atomic E-state index is 0.00587. The molecule has 0 atom stereocenters. The van der Waals surface area contributed by atoms with Crippen LogP contribution in [-0.4, -0.2) is 57.7 Å². The van der Waals surface area contributed by atoms with Crippen molar-refractivity contribution in [2.45, 2.75) is 38.8 Å². The summed E-state index contributed by atoms with van der Waals surface area (Å²) >= 11 is 0. The molecule has 0 bridgehead atoms. The molecular formula is C26H25FN8O2. The number of aromatic nitrogens is 8. The molecule has 6 rings (SSSR count). The molecule has 1 fully saturated rings. The first-order chi connectivity index (χ1) is 18.1. The average Bonchev–Trinajstić information content (AvgIpc) is 3.60. The highest BCUT2D eigenvalue weighted by Crippen LogP contribution is 2.45. The molecule has 1 aliphatic carbocycles. The SMILES string of the molecule is CCn1cc(O)nc1-c1ccc(Cn2ncc3cnc(-c4c(OCCF)ncnc4C4CC4)nc32)cc1. The smallest absolute Gasteiger partial charge is 0.229 e. The second-order valence-electron chi connectivity index (χ2n) is 8.93. The second kappa shape index (κ2) is 9.57. The predicted molar refractivity (Wildman–Crippen MR) is 134 cm³/mol. The first kappa shape index (κ1) is 23.0. The molecule has 188 valence electrons. The molecule has 4 aromatic heterocycles. The maximum absolute atomic E-state index is 12.8. The highest BCUT2D eigenvalue weighted by molar-refractivity contribution is 5.77. The number of halogens is 1. The van der Waals surface area contributed by atoms with Gasteiger partial charge in [-0.2, -0.15) is 10.1 Å². The van der Waals surface area contributed by atoms with E-state index in [1.54, 1.807) is 18.6 Å². The number of alkyl halides is 1. The lowest BCUT2D eigenvalue weighted by Crippen LogP contribution is -2.07. The molecule has 5 aromatic rings. The van der Waals surface area contributed by atoms with Crippen molar-refractivity contribution in [1.29, 1.82) is 0 Å². The van der Waals surface area contributed by atoms with E-state index >= 15 is 0 Å². The number of nitrogens with zero attached hydrogens (tertiary/aromatic N) is 8. The third-order valence-electron chi connectivity index (χ3n) is 6.37. The van der Waals surface area contributed by atoms with Gasteiger partial charge >= 0.3 is 0 Å². The van der Waals surface area contributed by atoms with Crippen LogP contribution >= 0.6 is 0 Å². The van der Waals surface area contributed by atoms with Gasteiger partial charge in [-0.05, 0) is 25.3 Å². The fraction of sp³-hybridized carbons (Fsp3) is 0.308. The number of aromatic hydroxyl groups is 1. The molecule has 1 aliphatic rings. The van der Waals surface area contributed by atoms with E-state index in [-0.39, 0.29) is 12.5 Å². The molecule has 0 amide bonds. The Morgan fingerprint density at radius 2 is 1.92 bits per heavy atom. The summed E-state index contributed by atoms with van der Waals surface area (Å²) in [6, 6.07) is 7.98. The van der Waals surface area contributed by atoms with Crippen LogP contribution in [0.25, 0.3) is 33.8 Å². The lowest BCUT2D eigenvalue weighted by molar-refractivity contribution is 0.264. The van der Waals surface area contributed by atoms with Crippen molar-refractivity contribution in [1.82, 2.24) is 39.3 Å². The molecule has 0 radical (unpaired) electrons. The van der Waals surface area contributed by atoms with Crippen LogP contribution in [0.3, 0.4) is 0 Å². The zero-order valence-electron chi connectivity index (χ0n) is 20.2. The average molecular weight is 501 g/mol. The summed E-state index contributed by atoms with van der Waals surface area (Å²) in [5.74, 6) is 1.76. The van der Waals surface area contributed by atoms with Crippen molar-refractivity contribution in [3.05, 3.63) is 60.4 Å². The summed E-state index contributed by atoms with van der Waals surface area (Å²) in [6.07, 6.45) is 8.59. The molecular weight excluding hydrogens is 475 g/mol. The van der Waals surface area contributed by atoms with Gasteiger partial charge in [-0.1, -0.05) is 24.3 Å². The molecule has 1 saturated carbocycles. The maximum Gasteiger partial charge on any atom is 0.229 e. The summed E-state index contributed by atoms with van der Waals surface area (Å²) in [4.78, 5) is 22.3.